The molecule has 1 amide bonds. The first kappa shape index (κ1) is 23.5. The van der Waals surface area contributed by atoms with Crippen molar-refractivity contribution < 1.29 is 14.6 Å². The Labute approximate surface area is 201 Å². The first-order valence-electron chi connectivity index (χ1n) is 11.1. The molecule has 4 rings (SSSR count). The van der Waals surface area contributed by atoms with Crippen LogP contribution in [0.3, 0.4) is 0 Å². The lowest BCUT2D eigenvalue weighted by Gasteiger charge is -2.29. The van der Waals surface area contributed by atoms with Gasteiger partial charge in [0.25, 0.3) is 11.5 Å². The molecule has 0 bridgehead atoms. The van der Waals surface area contributed by atoms with Gasteiger partial charge in [-0.05, 0) is 50.6 Å². The molecule has 0 spiro atoms. The van der Waals surface area contributed by atoms with Gasteiger partial charge < -0.3 is 14.7 Å². The number of thiazole rings is 1. The number of benzene rings is 2. The maximum Gasteiger partial charge on any atom is 0.271 e. The fraction of sp³-hybridized carbons (Fsp3) is 0.269. The smallest absolute Gasteiger partial charge is 0.271 e. The fourth-order valence-corrected chi connectivity index (χ4v) is 5.28. The molecule has 1 atom stereocenters. The van der Waals surface area contributed by atoms with Crippen LogP contribution in [0.25, 0.3) is 6.08 Å². The SMILES string of the molecule is CCN(CC)C(=O)C1=C(C)N=c2s/c(=C\c3cccc(O)c3)c(=O)n2C1c1ccccc1OC. The van der Waals surface area contributed by atoms with Gasteiger partial charge in [0.05, 0.1) is 22.9 Å². The van der Waals surface area contributed by atoms with E-state index in [4.69, 9.17) is 4.74 Å². The Hall–Kier alpha value is -3.65. The van der Waals surface area contributed by atoms with E-state index in [-0.39, 0.29) is 17.2 Å². The number of amides is 1. The van der Waals surface area contributed by atoms with Crippen LogP contribution in [0.4, 0.5) is 0 Å². The van der Waals surface area contributed by atoms with E-state index in [0.29, 0.717) is 45.0 Å². The Morgan fingerprint density at radius 1 is 1.21 bits per heavy atom. The molecule has 0 saturated carbocycles. The molecule has 0 fully saturated rings. The minimum atomic E-state index is -0.674. The third kappa shape index (κ3) is 4.17. The van der Waals surface area contributed by atoms with Crippen molar-refractivity contribution >= 4 is 23.3 Å². The number of phenolic OH excluding ortho intramolecular Hbond substituents is 1. The summed E-state index contributed by atoms with van der Waals surface area (Å²) in [7, 11) is 1.58. The number of ether oxygens (including phenoxy) is 1. The highest BCUT2D eigenvalue weighted by Gasteiger charge is 2.35. The predicted octanol–water partition coefficient (Wildman–Crippen LogP) is 2.82. The van der Waals surface area contributed by atoms with E-state index in [9.17, 15) is 14.7 Å². The molecule has 8 heteroatoms. The predicted molar refractivity (Wildman–Crippen MR) is 133 cm³/mol. The minimum Gasteiger partial charge on any atom is -0.508 e. The van der Waals surface area contributed by atoms with Gasteiger partial charge in [-0.3, -0.25) is 14.2 Å². The van der Waals surface area contributed by atoms with Crippen molar-refractivity contribution in [2.24, 2.45) is 4.99 Å². The number of fused-ring (bicyclic) bond motifs is 1. The van der Waals surface area contributed by atoms with Gasteiger partial charge in [-0.15, -0.1) is 0 Å². The van der Waals surface area contributed by atoms with Crippen LogP contribution in [-0.4, -0.2) is 40.7 Å². The average Bonchev–Trinajstić information content (AvgIpc) is 3.13. The summed E-state index contributed by atoms with van der Waals surface area (Å²) < 4.78 is 7.67. The fourth-order valence-electron chi connectivity index (χ4n) is 4.23. The zero-order valence-electron chi connectivity index (χ0n) is 19.6. The first-order valence-corrected chi connectivity index (χ1v) is 11.9. The number of hydrogen-bond acceptors (Lipinski definition) is 6. The number of hydrogen-bond donors (Lipinski definition) is 1. The molecule has 2 aromatic carbocycles. The van der Waals surface area contributed by atoms with Crippen LogP contribution in [-0.2, 0) is 4.79 Å². The summed E-state index contributed by atoms with van der Waals surface area (Å²) in [6, 6.07) is 13.5. The second-order valence-corrected chi connectivity index (χ2v) is 8.91. The van der Waals surface area contributed by atoms with Crippen LogP contribution >= 0.6 is 11.3 Å². The van der Waals surface area contributed by atoms with Gasteiger partial charge in [-0.2, -0.15) is 0 Å². The molecule has 176 valence electrons. The standard InChI is InChI=1S/C26H27N3O4S/c1-5-28(6-2)25(32)22-16(3)27-26-29(23(22)19-12-7-8-13-20(19)33-4)24(31)21(34-26)15-17-10-9-11-18(30)14-17/h7-15,23,30H,5-6H2,1-4H3/b21-15-. The highest BCUT2D eigenvalue weighted by atomic mass is 32.1. The number of likely N-dealkylation sites (N-methyl/N-ethyl adjacent to an activating group) is 1. The van der Waals surface area contributed by atoms with Crippen LogP contribution in [0.5, 0.6) is 11.5 Å². The molecule has 0 saturated heterocycles. The summed E-state index contributed by atoms with van der Waals surface area (Å²) in [4.78, 5) is 34.3. The van der Waals surface area contributed by atoms with Crippen molar-refractivity contribution in [1.82, 2.24) is 9.47 Å². The number of carbonyl (C=O) groups is 1. The quantitative estimate of drug-likeness (QED) is 0.592. The van der Waals surface area contributed by atoms with E-state index in [0.717, 1.165) is 5.56 Å². The third-order valence-corrected chi connectivity index (χ3v) is 6.89. The summed E-state index contributed by atoms with van der Waals surface area (Å²) in [6.07, 6.45) is 1.73. The van der Waals surface area contributed by atoms with Gasteiger partial charge in [-0.25, -0.2) is 4.99 Å². The van der Waals surface area contributed by atoms with Crippen molar-refractivity contribution in [2.75, 3.05) is 20.2 Å². The van der Waals surface area contributed by atoms with Gasteiger partial charge in [0, 0.05) is 18.7 Å². The van der Waals surface area contributed by atoms with Gasteiger partial charge in [0.2, 0.25) is 0 Å². The van der Waals surface area contributed by atoms with E-state index in [1.807, 2.05) is 51.1 Å². The number of phenols is 1. The van der Waals surface area contributed by atoms with E-state index < -0.39 is 6.04 Å². The number of methoxy groups -OCH3 is 1. The lowest BCUT2D eigenvalue weighted by Crippen LogP contribution is -2.43. The van der Waals surface area contributed by atoms with E-state index >= 15 is 0 Å². The number of rotatable bonds is 6. The summed E-state index contributed by atoms with van der Waals surface area (Å²) in [5, 5.41) is 9.82. The van der Waals surface area contributed by atoms with Gasteiger partial charge in [0.1, 0.15) is 17.5 Å². The second kappa shape index (κ2) is 9.69. The molecule has 2 heterocycles. The summed E-state index contributed by atoms with van der Waals surface area (Å²) in [5.41, 5.74) is 2.22. The second-order valence-electron chi connectivity index (χ2n) is 7.90. The molecule has 1 unspecified atom stereocenters. The maximum absolute atomic E-state index is 13.7. The number of para-hydroxylation sites is 1. The molecule has 1 aliphatic rings. The molecule has 0 radical (unpaired) electrons. The summed E-state index contributed by atoms with van der Waals surface area (Å²) in [6.45, 7) is 6.77. The van der Waals surface area contributed by atoms with Crippen LogP contribution in [0.2, 0.25) is 0 Å². The van der Waals surface area contributed by atoms with Crippen LogP contribution < -0.4 is 19.6 Å². The molecule has 1 aromatic heterocycles. The Morgan fingerprint density at radius 3 is 2.62 bits per heavy atom. The number of carbonyl (C=O) groups excluding carboxylic acids is 1. The third-order valence-electron chi connectivity index (χ3n) is 5.90. The summed E-state index contributed by atoms with van der Waals surface area (Å²) in [5.74, 6) is 0.565. The van der Waals surface area contributed by atoms with Crippen molar-refractivity contribution in [2.45, 2.75) is 26.8 Å². The number of allylic oxidation sites excluding steroid dienone is 1. The van der Waals surface area contributed by atoms with Crippen molar-refractivity contribution in [3.8, 4) is 11.5 Å². The Bertz CT molecular complexity index is 1450. The molecule has 3 aromatic rings. The zero-order valence-corrected chi connectivity index (χ0v) is 20.4. The maximum atomic E-state index is 13.7. The first-order chi connectivity index (χ1) is 16.4. The molecule has 1 aliphatic heterocycles. The van der Waals surface area contributed by atoms with Crippen molar-refractivity contribution in [3.05, 3.63) is 90.6 Å². The Balaban J connectivity index is 2.00. The molecule has 1 N–H and O–H groups in total. The normalized spacial score (nSPS) is 15.6. The van der Waals surface area contributed by atoms with E-state index in [1.54, 1.807) is 40.9 Å². The monoisotopic (exact) mass is 477 g/mol. The number of aromatic hydroxyl groups is 1. The largest absolute Gasteiger partial charge is 0.508 e. The molecule has 7 nitrogen and oxygen atoms in total. The molecular formula is C26H27N3O4S. The lowest BCUT2D eigenvalue weighted by atomic mass is 9.94. The van der Waals surface area contributed by atoms with E-state index in [2.05, 4.69) is 4.99 Å². The van der Waals surface area contributed by atoms with Gasteiger partial charge >= 0.3 is 0 Å². The number of aromatic nitrogens is 1. The van der Waals surface area contributed by atoms with Crippen molar-refractivity contribution in [3.63, 3.8) is 0 Å². The van der Waals surface area contributed by atoms with Crippen LogP contribution in [0.1, 0.15) is 37.9 Å². The Kier molecular flexibility index (Phi) is 6.70. The topological polar surface area (TPSA) is 84.1 Å². The number of nitrogens with zero attached hydrogens (tertiary/aromatic N) is 3. The van der Waals surface area contributed by atoms with E-state index in [1.165, 1.54) is 11.3 Å². The lowest BCUT2D eigenvalue weighted by molar-refractivity contribution is -0.127. The Morgan fingerprint density at radius 2 is 1.94 bits per heavy atom. The van der Waals surface area contributed by atoms with Gasteiger partial charge in [-0.1, -0.05) is 41.7 Å². The van der Waals surface area contributed by atoms with Crippen LogP contribution in [0, 0.1) is 0 Å². The highest BCUT2D eigenvalue weighted by molar-refractivity contribution is 7.07. The summed E-state index contributed by atoms with van der Waals surface area (Å²) >= 11 is 1.26. The molecule has 0 aliphatic carbocycles. The van der Waals surface area contributed by atoms with Gasteiger partial charge in [0.15, 0.2) is 4.80 Å². The molecule has 34 heavy (non-hydrogen) atoms. The average molecular weight is 478 g/mol. The van der Waals surface area contributed by atoms with Crippen LogP contribution in [0.15, 0.2) is 69.6 Å². The highest BCUT2D eigenvalue weighted by Crippen LogP contribution is 2.36. The zero-order chi connectivity index (χ0) is 24.4. The molecular weight excluding hydrogens is 450 g/mol. The van der Waals surface area contributed by atoms with Crippen molar-refractivity contribution in [1.29, 1.82) is 0 Å². The minimum absolute atomic E-state index is 0.122.